The van der Waals surface area contributed by atoms with Crippen LogP contribution in [0.2, 0.25) is 0 Å². The van der Waals surface area contributed by atoms with Crippen molar-refractivity contribution in [3.63, 3.8) is 0 Å². The maximum absolute atomic E-state index is 11.7. The molecule has 0 aromatic heterocycles. The second-order valence-corrected chi connectivity index (χ2v) is 4.22. The molecular formula is C13H20N2O3. The van der Waals surface area contributed by atoms with Crippen LogP contribution in [0, 0.1) is 0 Å². The molecule has 100 valence electrons. The van der Waals surface area contributed by atoms with E-state index >= 15 is 0 Å². The summed E-state index contributed by atoms with van der Waals surface area (Å²) in [6.07, 6.45) is -0.446. The van der Waals surface area contributed by atoms with E-state index in [2.05, 4.69) is 0 Å². The Balaban J connectivity index is 2.96. The highest BCUT2D eigenvalue weighted by molar-refractivity contribution is 5.96. The fourth-order valence-corrected chi connectivity index (χ4v) is 1.67. The summed E-state index contributed by atoms with van der Waals surface area (Å²) in [6, 6.07) is 5.15. The third-order valence-electron chi connectivity index (χ3n) is 2.51. The van der Waals surface area contributed by atoms with Gasteiger partial charge >= 0.3 is 5.97 Å². The monoisotopic (exact) mass is 252 g/mol. The van der Waals surface area contributed by atoms with E-state index in [9.17, 15) is 9.90 Å². The highest BCUT2D eigenvalue weighted by Crippen LogP contribution is 2.21. The van der Waals surface area contributed by atoms with E-state index in [0.717, 1.165) is 5.69 Å². The van der Waals surface area contributed by atoms with Crippen LogP contribution >= 0.6 is 0 Å². The number of nitrogen functional groups attached to an aromatic ring is 1. The number of aliphatic hydroxyl groups is 1. The second kappa shape index (κ2) is 6.26. The van der Waals surface area contributed by atoms with E-state index < -0.39 is 12.1 Å². The molecule has 0 aliphatic carbocycles. The number of rotatable bonds is 5. The molecule has 0 spiro atoms. The van der Waals surface area contributed by atoms with Crippen molar-refractivity contribution in [2.75, 3.05) is 30.8 Å². The van der Waals surface area contributed by atoms with Crippen LogP contribution in [0.1, 0.15) is 24.2 Å². The Bertz CT molecular complexity index is 419. The van der Waals surface area contributed by atoms with E-state index in [1.807, 2.05) is 11.9 Å². The van der Waals surface area contributed by atoms with E-state index in [4.69, 9.17) is 10.5 Å². The van der Waals surface area contributed by atoms with Crippen LogP contribution in [0.3, 0.4) is 0 Å². The molecule has 0 aliphatic rings. The number of anilines is 2. The first kappa shape index (κ1) is 14.3. The van der Waals surface area contributed by atoms with Crippen molar-refractivity contribution in [3.05, 3.63) is 23.8 Å². The summed E-state index contributed by atoms with van der Waals surface area (Å²) in [4.78, 5) is 13.5. The second-order valence-electron chi connectivity index (χ2n) is 4.22. The predicted octanol–water partition coefficient (Wildman–Crippen LogP) is 1.26. The van der Waals surface area contributed by atoms with Crippen LogP contribution in [0.5, 0.6) is 0 Å². The number of carbonyl (C=O) groups is 1. The minimum Gasteiger partial charge on any atom is -0.462 e. The van der Waals surface area contributed by atoms with Crippen LogP contribution in [-0.4, -0.2) is 37.4 Å². The molecule has 1 aromatic carbocycles. The Hall–Kier alpha value is -1.75. The zero-order valence-corrected chi connectivity index (χ0v) is 11.0. The summed E-state index contributed by atoms with van der Waals surface area (Å²) < 4.78 is 4.94. The molecule has 5 nitrogen and oxygen atoms in total. The molecule has 1 aromatic rings. The van der Waals surface area contributed by atoms with Crippen molar-refractivity contribution in [3.8, 4) is 0 Å². The topological polar surface area (TPSA) is 75.8 Å². The minimum absolute atomic E-state index is 0.312. The van der Waals surface area contributed by atoms with Gasteiger partial charge in [0.05, 0.1) is 18.3 Å². The summed E-state index contributed by atoms with van der Waals surface area (Å²) in [5.41, 5.74) is 7.31. The largest absolute Gasteiger partial charge is 0.462 e. The molecular weight excluding hydrogens is 232 g/mol. The minimum atomic E-state index is -0.446. The van der Waals surface area contributed by atoms with Crippen LogP contribution in [0.25, 0.3) is 0 Å². The van der Waals surface area contributed by atoms with Gasteiger partial charge in [0, 0.05) is 25.0 Å². The number of likely N-dealkylation sites (N-methyl/N-ethyl adjacent to an activating group) is 1. The number of hydrogen-bond donors (Lipinski definition) is 2. The molecule has 1 atom stereocenters. The number of nitrogens with zero attached hydrogens (tertiary/aromatic N) is 1. The van der Waals surface area contributed by atoms with Crippen LogP contribution < -0.4 is 10.6 Å². The van der Waals surface area contributed by atoms with Crippen molar-refractivity contribution < 1.29 is 14.6 Å². The van der Waals surface area contributed by atoms with Crippen molar-refractivity contribution in [1.29, 1.82) is 0 Å². The first-order valence-corrected chi connectivity index (χ1v) is 5.91. The Morgan fingerprint density at radius 1 is 1.56 bits per heavy atom. The van der Waals surface area contributed by atoms with Crippen LogP contribution in [-0.2, 0) is 4.74 Å². The summed E-state index contributed by atoms with van der Waals surface area (Å²) >= 11 is 0. The summed E-state index contributed by atoms with van der Waals surface area (Å²) in [5.74, 6) is -0.428. The highest BCUT2D eigenvalue weighted by Gasteiger charge is 2.13. The van der Waals surface area contributed by atoms with E-state index in [1.165, 1.54) is 0 Å². The number of benzene rings is 1. The fraction of sp³-hybridized carbons (Fsp3) is 0.462. The zero-order valence-electron chi connectivity index (χ0n) is 11.0. The van der Waals surface area contributed by atoms with Gasteiger partial charge < -0.3 is 20.5 Å². The van der Waals surface area contributed by atoms with Gasteiger partial charge in [-0.1, -0.05) is 0 Å². The maximum atomic E-state index is 11.7. The van der Waals surface area contributed by atoms with Crippen LogP contribution in [0.4, 0.5) is 11.4 Å². The molecule has 3 N–H and O–H groups in total. The lowest BCUT2D eigenvalue weighted by Crippen LogP contribution is -2.27. The molecule has 0 radical (unpaired) electrons. The van der Waals surface area contributed by atoms with E-state index in [-0.39, 0.29) is 0 Å². The zero-order chi connectivity index (χ0) is 13.7. The molecule has 0 heterocycles. The molecule has 0 saturated heterocycles. The fourth-order valence-electron chi connectivity index (χ4n) is 1.67. The third-order valence-corrected chi connectivity index (χ3v) is 2.51. The van der Waals surface area contributed by atoms with Crippen molar-refractivity contribution in [1.82, 2.24) is 0 Å². The summed E-state index contributed by atoms with van der Waals surface area (Å²) in [6.45, 7) is 4.25. The van der Waals surface area contributed by atoms with Gasteiger partial charge in [-0.2, -0.15) is 0 Å². The standard InChI is InChI=1S/C13H20N2O3/c1-4-18-13(17)11-7-10(5-6-12(11)14)15(3)8-9(2)16/h5-7,9,16H,4,8,14H2,1-3H3. The molecule has 0 aliphatic heterocycles. The van der Waals surface area contributed by atoms with Gasteiger partial charge in [-0.3, -0.25) is 0 Å². The Morgan fingerprint density at radius 3 is 2.78 bits per heavy atom. The van der Waals surface area contributed by atoms with Gasteiger partial charge in [-0.05, 0) is 32.0 Å². The lowest BCUT2D eigenvalue weighted by Gasteiger charge is -2.21. The third kappa shape index (κ3) is 3.63. The molecule has 1 rings (SSSR count). The molecule has 0 saturated carbocycles. The quantitative estimate of drug-likeness (QED) is 0.609. The average Bonchev–Trinajstić information content (AvgIpc) is 2.28. The van der Waals surface area contributed by atoms with E-state index in [0.29, 0.717) is 24.4 Å². The predicted molar refractivity (Wildman–Crippen MR) is 71.8 cm³/mol. The Morgan fingerprint density at radius 2 is 2.22 bits per heavy atom. The number of esters is 1. The molecule has 1 unspecified atom stereocenters. The lowest BCUT2D eigenvalue weighted by molar-refractivity contribution is 0.0527. The number of nitrogens with two attached hydrogens (primary N) is 1. The SMILES string of the molecule is CCOC(=O)c1cc(N(C)CC(C)O)ccc1N. The first-order valence-electron chi connectivity index (χ1n) is 5.91. The molecule has 5 heteroatoms. The van der Waals surface area contributed by atoms with Crippen LogP contribution in [0.15, 0.2) is 18.2 Å². The normalized spacial score (nSPS) is 12.0. The molecule has 0 bridgehead atoms. The number of carbonyl (C=O) groups excluding carboxylic acids is 1. The highest BCUT2D eigenvalue weighted by atomic mass is 16.5. The number of hydrogen-bond acceptors (Lipinski definition) is 5. The Kier molecular flexibility index (Phi) is 4.97. The summed E-state index contributed by atoms with van der Waals surface area (Å²) in [7, 11) is 1.84. The number of aliphatic hydroxyl groups excluding tert-OH is 1. The van der Waals surface area contributed by atoms with Gasteiger partial charge in [0.25, 0.3) is 0 Å². The van der Waals surface area contributed by atoms with E-state index in [1.54, 1.807) is 32.0 Å². The summed E-state index contributed by atoms with van der Waals surface area (Å²) in [5, 5.41) is 9.34. The van der Waals surface area contributed by atoms with Crippen molar-refractivity contribution >= 4 is 17.3 Å². The van der Waals surface area contributed by atoms with Gasteiger partial charge in [-0.15, -0.1) is 0 Å². The van der Waals surface area contributed by atoms with Gasteiger partial charge in [0.2, 0.25) is 0 Å². The van der Waals surface area contributed by atoms with Gasteiger partial charge in [-0.25, -0.2) is 4.79 Å². The molecule has 0 amide bonds. The van der Waals surface area contributed by atoms with Gasteiger partial charge in [0.15, 0.2) is 0 Å². The molecule has 0 fully saturated rings. The lowest BCUT2D eigenvalue weighted by atomic mass is 10.1. The maximum Gasteiger partial charge on any atom is 0.340 e. The van der Waals surface area contributed by atoms with Crippen molar-refractivity contribution in [2.45, 2.75) is 20.0 Å². The number of ether oxygens (including phenoxy) is 1. The first-order chi connectivity index (χ1) is 8.45. The Labute approximate surface area is 107 Å². The smallest absolute Gasteiger partial charge is 0.340 e. The molecule has 18 heavy (non-hydrogen) atoms. The van der Waals surface area contributed by atoms with Crippen molar-refractivity contribution in [2.24, 2.45) is 0 Å². The van der Waals surface area contributed by atoms with Gasteiger partial charge in [0.1, 0.15) is 0 Å². The average molecular weight is 252 g/mol.